The number of rotatable bonds is 23. The number of hydrogen-bond acceptors (Lipinski definition) is 12. The molecule has 2 aliphatic heterocycles. The lowest BCUT2D eigenvalue weighted by Gasteiger charge is -2.17. The Hall–Kier alpha value is -3.51. The molecule has 2 unspecified atom stereocenters. The molecule has 0 aromatic carbocycles. The Labute approximate surface area is 288 Å². The Kier molecular flexibility index (Phi) is 18.2. The third-order valence-corrected chi connectivity index (χ3v) is 9.60. The molecule has 268 valence electrons. The predicted molar refractivity (Wildman–Crippen MR) is 177 cm³/mol. The summed E-state index contributed by atoms with van der Waals surface area (Å²) in [6.45, 7) is 0.604. The Morgan fingerprint density at radius 3 is 1.44 bits per heavy atom. The third-order valence-electron chi connectivity index (χ3n) is 7.73. The highest BCUT2D eigenvalue weighted by Crippen LogP contribution is 2.24. The van der Waals surface area contributed by atoms with Gasteiger partial charge in [0, 0.05) is 104 Å². The van der Waals surface area contributed by atoms with Crippen molar-refractivity contribution >= 4 is 76.6 Å². The van der Waals surface area contributed by atoms with Crippen LogP contribution in [0.1, 0.15) is 51.4 Å². The Bertz CT molecular complexity index is 1140. The van der Waals surface area contributed by atoms with Crippen LogP contribution in [0.5, 0.6) is 0 Å². The van der Waals surface area contributed by atoms with Crippen LogP contribution >= 0.6 is 23.5 Å². The molecule has 0 spiro atoms. The number of ether oxygens (including phenoxy) is 1. The number of nitrogens with one attached hydrogen (secondary N) is 4. The van der Waals surface area contributed by atoms with Crippen LogP contribution in [0.25, 0.3) is 0 Å². The van der Waals surface area contributed by atoms with Gasteiger partial charge >= 0.3 is 0 Å². The van der Waals surface area contributed by atoms with Crippen LogP contribution < -0.4 is 21.3 Å². The average Bonchev–Trinajstić information content (AvgIpc) is 3.49. The largest absolute Gasteiger partial charge is 0.385 e. The number of likely N-dealkylation sites (tertiary alicyclic amines) is 2. The molecule has 0 aromatic rings. The zero-order chi connectivity index (χ0) is 35.6. The lowest BCUT2D eigenvalue weighted by atomic mass is 9.92. The van der Waals surface area contributed by atoms with E-state index in [0.29, 0.717) is 13.0 Å². The monoisotopic (exact) mass is 714 g/mol. The minimum atomic E-state index is -0.896. The van der Waals surface area contributed by atoms with Crippen molar-refractivity contribution in [2.24, 2.45) is 5.92 Å². The van der Waals surface area contributed by atoms with Crippen molar-refractivity contribution < 1.29 is 47.9 Å². The molecular formula is C30H46N6O10S2. The number of carbonyl (C=O) groups excluding carboxylic acids is 9. The Morgan fingerprint density at radius 2 is 1.08 bits per heavy atom. The molecule has 16 nitrogen and oxygen atoms in total. The molecule has 0 aliphatic carbocycles. The highest BCUT2D eigenvalue weighted by Gasteiger charge is 2.38. The molecular weight excluding hydrogens is 668 g/mol. The van der Waals surface area contributed by atoms with Gasteiger partial charge in [-0.25, -0.2) is 0 Å². The zero-order valence-corrected chi connectivity index (χ0v) is 29.3. The number of thioether (sulfide) groups is 2. The summed E-state index contributed by atoms with van der Waals surface area (Å²) in [5, 5.41) is 9.62. The molecule has 2 fully saturated rings. The number of nitrogens with zero attached hydrogens (tertiary/aromatic N) is 2. The number of ketones is 1. The summed E-state index contributed by atoms with van der Waals surface area (Å²) >= 11 is 2.59. The van der Waals surface area contributed by atoms with Gasteiger partial charge in [0.25, 0.3) is 0 Å². The van der Waals surface area contributed by atoms with Crippen LogP contribution in [0, 0.1) is 5.92 Å². The zero-order valence-electron chi connectivity index (χ0n) is 27.6. The highest BCUT2D eigenvalue weighted by atomic mass is 32.2. The summed E-state index contributed by atoms with van der Waals surface area (Å²) in [5.74, 6) is -4.13. The van der Waals surface area contributed by atoms with Gasteiger partial charge < -0.3 is 26.0 Å². The number of methoxy groups -OCH3 is 1. The second-order valence-corrected chi connectivity index (χ2v) is 13.3. The number of imide groups is 2. The maximum Gasteiger partial charge on any atom is 0.242 e. The van der Waals surface area contributed by atoms with E-state index in [0.717, 1.165) is 9.80 Å². The molecule has 0 aromatic heterocycles. The van der Waals surface area contributed by atoms with Gasteiger partial charge in [0.15, 0.2) is 0 Å². The number of hydrogen-bond donors (Lipinski definition) is 4. The van der Waals surface area contributed by atoms with Gasteiger partial charge in [0.05, 0.1) is 10.5 Å². The molecule has 4 N–H and O–H groups in total. The van der Waals surface area contributed by atoms with Crippen molar-refractivity contribution in [3.05, 3.63) is 0 Å². The molecule has 2 heterocycles. The molecule has 2 atom stereocenters. The number of Topliss-reactive ketones (excluding diaryl/α,β-unsaturated/α-hetero) is 1. The second kappa shape index (κ2) is 21.5. The lowest BCUT2D eigenvalue weighted by molar-refractivity contribution is -0.140. The molecule has 2 rings (SSSR count). The molecule has 0 saturated carbocycles. The predicted octanol–water partition coefficient (Wildman–Crippen LogP) is -1.40. The fourth-order valence-corrected chi connectivity index (χ4v) is 6.32. The third kappa shape index (κ3) is 13.5. The maximum atomic E-state index is 12.8. The van der Waals surface area contributed by atoms with E-state index in [4.69, 9.17) is 4.74 Å². The standard InChI is InChI=1S/C30H46N6O10S2/c1-46-14-4-5-20(37)19(15-25(40)33-10-8-31-23(38)6-12-35-27(42)17-21(47-2)29(35)44)16-26(41)34-11-9-32-24(39)7-13-36-28(43)18-22(48-3)30(36)45/h19,21-22H,4-18H2,1-3H3,(H,31,38)(H,32,39)(H,33,40)(H,34,41). The normalized spacial score (nSPS) is 18.2. The Balaban J connectivity index is 1.70. The van der Waals surface area contributed by atoms with Crippen molar-refractivity contribution in [2.75, 3.05) is 65.5 Å². The van der Waals surface area contributed by atoms with Gasteiger partial charge in [-0.05, 0) is 18.9 Å². The molecule has 0 bridgehead atoms. The summed E-state index contributed by atoms with van der Waals surface area (Å²) in [6, 6.07) is 0. The van der Waals surface area contributed by atoms with E-state index in [9.17, 15) is 43.2 Å². The van der Waals surface area contributed by atoms with Gasteiger partial charge in [0.2, 0.25) is 47.3 Å². The highest BCUT2D eigenvalue weighted by molar-refractivity contribution is 8.00. The van der Waals surface area contributed by atoms with Crippen molar-refractivity contribution in [1.82, 2.24) is 31.1 Å². The van der Waals surface area contributed by atoms with E-state index < -0.39 is 40.0 Å². The molecule has 2 aliphatic rings. The Morgan fingerprint density at radius 1 is 0.688 bits per heavy atom. The first-order valence-electron chi connectivity index (χ1n) is 15.7. The smallest absolute Gasteiger partial charge is 0.242 e. The summed E-state index contributed by atoms with van der Waals surface area (Å²) < 4.78 is 4.98. The number of amides is 8. The van der Waals surface area contributed by atoms with E-state index >= 15 is 0 Å². The minimum Gasteiger partial charge on any atom is -0.385 e. The van der Waals surface area contributed by atoms with Crippen LogP contribution in [-0.4, -0.2) is 139 Å². The first kappa shape index (κ1) is 40.7. The summed E-state index contributed by atoms with van der Waals surface area (Å²) in [5.41, 5.74) is 0. The van der Waals surface area contributed by atoms with Crippen molar-refractivity contribution in [2.45, 2.75) is 61.9 Å². The summed E-state index contributed by atoms with van der Waals surface area (Å²) in [6.07, 6.45) is 3.65. The van der Waals surface area contributed by atoms with Crippen LogP contribution in [-0.2, 0) is 47.9 Å². The van der Waals surface area contributed by atoms with Gasteiger partial charge in [-0.15, -0.1) is 0 Å². The van der Waals surface area contributed by atoms with Crippen molar-refractivity contribution in [3.8, 4) is 0 Å². The van der Waals surface area contributed by atoms with E-state index in [1.807, 2.05) is 0 Å². The maximum absolute atomic E-state index is 12.8. The first-order valence-corrected chi connectivity index (χ1v) is 18.3. The quantitative estimate of drug-likeness (QED) is 0.0711. The fraction of sp³-hybridized carbons (Fsp3) is 0.700. The van der Waals surface area contributed by atoms with Crippen molar-refractivity contribution in [3.63, 3.8) is 0 Å². The average molecular weight is 715 g/mol. The molecule has 18 heteroatoms. The van der Waals surface area contributed by atoms with Crippen molar-refractivity contribution in [1.29, 1.82) is 0 Å². The van der Waals surface area contributed by atoms with Crippen LogP contribution in [0.3, 0.4) is 0 Å². The first-order chi connectivity index (χ1) is 22.9. The van der Waals surface area contributed by atoms with Crippen LogP contribution in [0.15, 0.2) is 0 Å². The summed E-state index contributed by atoms with van der Waals surface area (Å²) in [7, 11) is 1.50. The van der Waals surface area contributed by atoms with E-state index in [1.165, 1.54) is 30.6 Å². The van der Waals surface area contributed by atoms with E-state index in [1.54, 1.807) is 12.5 Å². The van der Waals surface area contributed by atoms with Crippen LogP contribution in [0.4, 0.5) is 0 Å². The topological polar surface area (TPSA) is 217 Å². The number of carbonyl (C=O) groups is 9. The van der Waals surface area contributed by atoms with Gasteiger partial charge in [0.1, 0.15) is 5.78 Å². The van der Waals surface area contributed by atoms with Crippen LogP contribution in [0.2, 0.25) is 0 Å². The molecule has 48 heavy (non-hydrogen) atoms. The van der Waals surface area contributed by atoms with Gasteiger partial charge in [-0.3, -0.25) is 53.0 Å². The fourth-order valence-electron chi connectivity index (χ4n) is 5.04. The summed E-state index contributed by atoms with van der Waals surface area (Å²) in [4.78, 5) is 113. The van der Waals surface area contributed by atoms with E-state index in [-0.39, 0.29) is 114 Å². The second-order valence-electron chi connectivity index (χ2n) is 11.2. The lowest BCUT2D eigenvalue weighted by Crippen LogP contribution is -2.39. The van der Waals surface area contributed by atoms with Gasteiger partial charge in [-0.1, -0.05) is 0 Å². The molecule has 2 saturated heterocycles. The van der Waals surface area contributed by atoms with E-state index in [2.05, 4.69) is 21.3 Å². The van der Waals surface area contributed by atoms with Gasteiger partial charge in [-0.2, -0.15) is 23.5 Å². The SMILES string of the molecule is COCCCC(=O)C(CC(=O)NCCNC(=O)CCN1C(=O)CC(SC)C1=O)CC(=O)NCCNC(=O)CCN1C(=O)CC(SC)C1=O. The minimum absolute atomic E-state index is 0.0177. The molecule has 8 amide bonds. The molecule has 0 radical (unpaired) electrons.